The third-order valence-electron chi connectivity index (χ3n) is 2.67. The van der Waals surface area contributed by atoms with Crippen molar-refractivity contribution < 1.29 is 8.78 Å². The Hall–Kier alpha value is -1.88. The van der Waals surface area contributed by atoms with Gasteiger partial charge in [0.05, 0.1) is 6.04 Å². The summed E-state index contributed by atoms with van der Waals surface area (Å²) in [6.07, 6.45) is 3.80. The molecule has 0 saturated heterocycles. The molecule has 0 spiro atoms. The SMILES string of the molecule is CNC(Cc1ccc(F)c(F)c1)c1ncccn1. The summed E-state index contributed by atoms with van der Waals surface area (Å²) in [7, 11) is 1.78. The molecule has 1 aromatic carbocycles. The van der Waals surface area contributed by atoms with Crippen molar-refractivity contribution in [1.29, 1.82) is 0 Å². The molecule has 0 saturated carbocycles. The molecule has 1 atom stereocenters. The fourth-order valence-corrected chi connectivity index (χ4v) is 1.72. The maximum atomic E-state index is 13.1. The second-order valence-electron chi connectivity index (χ2n) is 3.90. The fraction of sp³-hybridized carbons (Fsp3) is 0.231. The minimum atomic E-state index is -0.837. The third kappa shape index (κ3) is 2.87. The summed E-state index contributed by atoms with van der Waals surface area (Å²) in [6.45, 7) is 0. The maximum absolute atomic E-state index is 13.1. The molecule has 3 nitrogen and oxygen atoms in total. The molecule has 0 aliphatic rings. The van der Waals surface area contributed by atoms with E-state index in [1.807, 2.05) is 0 Å². The van der Waals surface area contributed by atoms with E-state index in [0.717, 1.165) is 6.07 Å². The highest BCUT2D eigenvalue weighted by atomic mass is 19.2. The van der Waals surface area contributed by atoms with Crippen LogP contribution >= 0.6 is 0 Å². The predicted molar refractivity (Wildman–Crippen MR) is 63.9 cm³/mol. The van der Waals surface area contributed by atoms with Gasteiger partial charge in [0.15, 0.2) is 11.6 Å². The van der Waals surface area contributed by atoms with Crippen molar-refractivity contribution in [3.63, 3.8) is 0 Å². The Morgan fingerprint density at radius 2 is 1.89 bits per heavy atom. The van der Waals surface area contributed by atoms with Gasteiger partial charge in [-0.2, -0.15) is 0 Å². The van der Waals surface area contributed by atoms with Gasteiger partial charge in [0.2, 0.25) is 0 Å². The summed E-state index contributed by atoms with van der Waals surface area (Å²) in [4.78, 5) is 8.29. The van der Waals surface area contributed by atoms with Gasteiger partial charge in [-0.1, -0.05) is 6.07 Å². The van der Waals surface area contributed by atoms with Crippen molar-refractivity contribution in [1.82, 2.24) is 15.3 Å². The zero-order chi connectivity index (χ0) is 13.0. The van der Waals surface area contributed by atoms with Gasteiger partial charge in [0, 0.05) is 12.4 Å². The topological polar surface area (TPSA) is 37.8 Å². The summed E-state index contributed by atoms with van der Waals surface area (Å²) in [5.74, 6) is -1.04. The van der Waals surface area contributed by atoms with Crippen molar-refractivity contribution in [2.75, 3.05) is 7.05 Å². The Morgan fingerprint density at radius 1 is 1.17 bits per heavy atom. The smallest absolute Gasteiger partial charge is 0.159 e. The quantitative estimate of drug-likeness (QED) is 0.903. The van der Waals surface area contributed by atoms with E-state index in [2.05, 4.69) is 15.3 Å². The molecule has 1 aromatic heterocycles. The highest BCUT2D eigenvalue weighted by Gasteiger charge is 2.13. The first kappa shape index (κ1) is 12.6. The molecule has 1 unspecified atom stereocenters. The maximum Gasteiger partial charge on any atom is 0.159 e. The normalized spacial score (nSPS) is 12.4. The lowest BCUT2D eigenvalue weighted by Gasteiger charge is -2.14. The number of likely N-dealkylation sites (N-methyl/N-ethyl adjacent to an activating group) is 1. The first-order valence-corrected chi connectivity index (χ1v) is 5.59. The van der Waals surface area contributed by atoms with Gasteiger partial charge < -0.3 is 5.32 Å². The fourth-order valence-electron chi connectivity index (χ4n) is 1.72. The Morgan fingerprint density at radius 3 is 2.50 bits per heavy atom. The first-order chi connectivity index (χ1) is 8.70. The number of benzene rings is 1. The van der Waals surface area contributed by atoms with Crippen LogP contribution < -0.4 is 5.32 Å². The molecule has 1 N–H and O–H groups in total. The lowest BCUT2D eigenvalue weighted by molar-refractivity contribution is 0.503. The molecular formula is C13H13F2N3. The van der Waals surface area contributed by atoms with Crippen molar-refractivity contribution in [2.45, 2.75) is 12.5 Å². The van der Waals surface area contributed by atoms with Crippen molar-refractivity contribution in [3.8, 4) is 0 Å². The highest BCUT2D eigenvalue weighted by Crippen LogP contribution is 2.16. The van der Waals surface area contributed by atoms with Crippen LogP contribution in [0, 0.1) is 11.6 Å². The van der Waals surface area contributed by atoms with Crippen LogP contribution in [0.1, 0.15) is 17.4 Å². The van der Waals surface area contributed by atoms with Crippen LogP contribution in [0.15, 0.2) is 36.7 Å². The first-order valence-electron chi connectivity index (χ1n) is 5.59. The molecule has 0 amide bonds. The highest BCUT2D eigenvalue weighted by molar-refractivity contribution is 5.19. The molecule has 0 fully saturated rings. The summed E-state index contributed by atoms with van der Waals surface area (Å²) in [5.41, 5.74) is 0.695. The van der Waals surface area contributed by atoms with Gasteiger partial charge in [-0.05, 0) is 37.2 Å². The number of rotatable bonds is 4. The van der Waals surface area contributed by atoms with Crippen LogP contribution in [0.4, 0.5) is 8.78 Å². The molecule has 18 heavy (non-hydrogen) atoms. The number of hydrogen-bond acceptors (Lipinski definition) is 3. The van der Waals surface area contributed by atoms with Gasteiger partial charge >= 0.3 is 0 Å². The van der Waals surface area contributed by atoms with Crippen LogP contribution in [0.5, 0.6) is 0 Å². The van der Waals surface area contributed by atoms with E-state index in [1.54, 1.807) is 31.6 Å². The predicted octanol–water partition coefficient (Wildman–Crippen LogP) is 2.26. The third-order valence-corrected chi connectivity index (χ3v) is 2.67. The average Bonchev–Trinajstić information content (AvgIpc) is 2.41. The van der Waals surface area contributed by atoms with Gasteiger partial charge in [-0.3, -0.25) is 0 Å². The van der Waals surface area contributed by atoms with Crippen LogP contribution in [0.3, 0.4) is 0 Å². The molecule has 1 heterocycles. The minimum absolute atomic E-state index is 0.129. The lowest BCUT2D eigenvalue weighted by atomic mass is 10.1. The molecule has 2 aromatic rings. The second-order valence-corrected chi connectivity index (χ2v) is 3.90. The molecule has 0 aliphatic carbocycles. The van der Waals surface area contributed by atoms with E-state index < -0.39 is 11.6 Å². The van der Waals surface area contributed by atoms with Crippen LogP contribution in [-0.4, -0.2) is 17.0 Å². The largest absolute Gasteiger partial charge is 0.310 e. The Balaban J connectivity index is 2.18. The molecule has 94 valence electrons. The van der Waals surface area contributed by atoms with Crippen molar-refractivity contribution in [3.05, 3.63) is 59.7 Å². The van der Waals surface area contributed by atoms with Crippen molar-refractivity contribution in [2.24, 2.45) is 0 Å². The zero-order valence-corrected chi connectivity index (χ0v) is 9.90. The molecule has 0 aliphatic heterocycles. The number of hydrogen-bond donors (Lipinski definition) is 1. The summed E-state index contributed by atoms with van der Waals surface area (Å²) in [5, 5.41) is 3.06. The Labute approximate surface area is 104 Å². The minimum Gasteiger partial charge on any atom is -0.310 e. The van der Waals surface area contributed by atoms with E-state index in [9.17, 15) is 8.78 Å². The van der Waals surface area contributed by atoms with E-state index in [0.29, 0.717) is 17.8 Å². The number of nitrogens with one attached hydrogen (secondary N) is 1. The molecule has 2 rings (SSSR count). The standard InChI is InChI=1S/C13H13F2N3/c1-16-12(13-17-5-2-6-18-13)8-9-3-4-10(14)11(15)7-9/h2-7,12,16H,8H2,1H3. The number of halogens is 2. The van der Waals surface area contributed by atoms with Gasteiger partial charge in [0.25, 0.3) is 0 Å². The monoisotopic (exact) mass is 249 g/mol. The van der Waals surface area contributed by atoms with Crippen molar-refractivity contribution >= 4 is 0 Å². The molecule has 5 heteroatoms. The van der Waals surface area contributed by atoms with Gasteiger partial charge in [0.1, 0.15) is 5.82 Å². The summed E-state index contributed by atoms with van der Waals surface area (Å²) >= 11 is 0. The van der Waals surface area contributed by atoms with Gasteiger partial charge in [-0.25, -0.2) is 18.7 Å². The molecule has 0 radical (unpaired) electrons. The Kier molecular flexibility index (Phi) is 3.94. The van der Waals surface area contributed by atoms with Crippen LogP contribution in [0.25, 0.3) is 0 Å². The lowest BCUT2D eigenvalue weighted by Crippen LogP contribution is -2.21. The van der Waals surface area contributed by atoms with E-state index in [4.69, 9.17) is 0 Å². The summed E-state index contributed by atoms with van der Waals surface area (Å²) in [6, 6.07) is 5.49. The summed E-state index contributed by atoms with van der Waals surface area (Å²) < 4.78 is 25.9. The average molecular weight is 249 g/mol. The number of aromatic nitrogens is 2. The van der Waals surface area contributed by atoms with Gasteiger partial charge in [-0.15, -0.1) is 0 Å². The molecular weight excluding hydrogens is 236 g/mol. The van der Waals surface area contributed by atoms with Crippen LogP contribution in [-0.2, 0) is 6.42 Å². The van der Waals surface area contributed by atoms with Crippen LogP contribution in [0.2, 0.25) is 0 Å². The number of nitrogens with zero attached hydrogens (tertiary/aromatic N) is 2. The van der Waals surface area contributed by atoms with E-state index >= 15 is 0 Å². The van der Waals surface area contributed by atoms with E-state index in [-0.39, 0.29) is 6.04 Å². The molecule has 0 bridgehead atoms. The zero-order valence-electron chi connectivity index (χ0n) is 9.90. The van der Waals surface area contributed by atoms with E-state index in [1.165, 1.54) is 6.07 Å². The Bertz CT molecular complexity index is 517. The second kappa shape index (κ2) is 5.64.